The molecular formula is C18H38N4O2Si. The van der Waals surface area contributed by atoms with Crippen LogP contribution in [0.3, 0.4) is 0 Å². The SMILES string of the molecule is COC(=N)/C(CN1CC(C)(O[Si](C)(C)C(C)(C)C)C1)=N\C(C)[C@@H](C)N. The minimum Gasteiger partial charge on any atom is -0.480 e. The topological polar surface area (TPSA) is 83.9 Å². The summed E-state index contributed by atoms with van der Waals surface area (Å²) in [6.45, 7) is 19.7. The molecule has 0 aromatic rings. The molecule has 25 heavy (non-hydrogen) atoms. The number of nitrogens with zero attached hydrogens (tertiary/aromatic N) is 2. The predicted octanol–water partition coefficient (Wildman–Crippen LogP) is 2.88. The summed E-state index contributed by atoms with van der Waals surface area (Å²) >= 11 is 0. The van der Waals surface area contributed by atoms with E-state index in [1.165, 1.54) is 7.11 Å². The summed E-state index contributed by atoms with van der Waals surface area (Å²) in [5.41, 5.74) is 6.45. The molecule has 3 N–H and O–H groups in total. The maximum atomic E-state index is 8.00. The van der Waals surface area contributed by atoms with Crippen LogP contribution in [0.5, 0.6) is 0 Å². The summed E-state index contributed by atoms with van der Waals surface area (Å²) in [5, 5.41) is 8.20. The van der Waals surface area contributed by atoms with Gasteiger partial charge in [0.2, 0.25) is 5.90 Å². The third-order valence-electron chi connectivity index (χ3n) is 5.38. The molecule has 146 valence electrons. The lowest BCUT2D eigenvalue weighted by molar-refractivity contribution is -0.0648. The van der Waals surface area contributed by atoms with Crippen LogP contribution in [0.15, 0.2) is 4.99 Å². The highest BCUT2D eigenvalue weighted by Crippen LogP contribution is 2.41. The largest absolute Gasteiger partial charge is 0.480 e. The van der Waals surface area contributed by atoms with Crippen molar-refractivity contribution in [1.82, 2.24) is 4.90 Å². The minimum absolute atomic E-state index is 0.0401. The van der Waals surface area contributed by atoms with E-state index < -0.39 is 8.32 Å². The predicted molar refractivity (Wildman–Crippen MR) is 108 cm³/mol. The summed E-state index contributed by atoms with van der Waals surface area (Å²) in [5.74, 6) is 0.117. The Hall–Kier alpha value is -0.763. The highest BCUT2D eigenvalue weighted by Gasteiger charge is 2.48. The first-order chi connectivity index (χ1) is 11.2. The zero-order valence-corrected chi connectivity index (χ0v) is 18.6. The standard InChI is InChI=1S/C18H38N4O2Si/c1-13(19)14(2)21-15(16(20)23-7)10-22-11-18(6,12-22)24-25(8,9)17(3,4)5/h13-14,20H,10-12,19H2,1-9H3/b20-16?,21-15-/t13-,14?/m1/s1. The third kappa shape index (κ3) is 5.87. The van der Waals surface area contributed by atoms with Crippen LogP contribution in [0.25, 0.3) is 0 Å². The number of hydrogen-bond acceptors (Lipinski definition) is 6. The van der Waals surface area contributed by atoms with Gasteiger partial charge in [0.05, 0.1) is 18.8 Å². The Balaban J connectivity index is 2.72. The third-order valence-corrected chi connectivity index (χ3v) is 10.00. The molecule has 0 spiro atoms. The van der Waals surface area contributed by atoms with Crippen LogP contribution in [0.1, 0.15) is 41.5 Å². The Morgan fingerprint density at radius 3 is 2.24 bits per heavy atom. The van der Waals surface area contributed by atoms with Crippen LogP contribution < -0.4 is 5.73 Å². The molecule has 0 aliphatic carbocycles. The summed E-state index contributed by atoms with van der Waals surface area (Å²) in [6.07, 6.45) is 0. The van der Waals surface area contributed by atoms with Gasteiger partial charge in [0.1, 0.15) is 5.71 Å². The number of nitrogens with one attached hydrogen (secondary N) is 1. The van der Waals surface area contributed by atoms with E-state index in [0.29, 0.717) is 12.3 Å². The average Bonchev–Trinajstić information content (AvgIpc) is 2.41. The fourth-order valence-electron chi connectivity index (χ4n) is 2.71. The van der Waals surface area contributed by atoms with Gasteiger partial charge < -0.3 is 14.9 Å². The molecule has 0 bridgehead atoms. The van der Waals surface area contributed by atoms with Crippen LogP contribution in [0.2, 0.25) is 18.1 Å². The van der Waals surface area contributed by atoms with Crippen molar-refractivity contribution in [2.24, 2.45) is 10.7 Å². The van der Waals surface area contributed by atoms with Gasteiger partial charge in [-0.3, -0.25) is 15.3 Å². The van der Waals surface area contributed by atoms with E-state index in [1.54, 1.807) is 0 Å². The number of aliphatic imine (C=N–C) groups is 1. The number of nitrogens with two attached hydrogens (primary N) is 1. The van der Waals surface area contributed by atoms with Crippen molar-refractivity contribution in [2.45, 2.75) is 77.4 Å². The smallest absolute Gasteiger partial charge is 0.228 e. The van der Waals surface area contributed by atoms with Gasteiger partial charge in [0.15, 0.2) is 8.32 Å². The molecule has 1 saturated heterocycles. The van der Waals surface area contributed by atoms with Gasteiger partial charge in [-0.1, -0.05) is 20.8 Å². The fourth-order valence-corrected chi connectivity index (χ4v) is 4.38. The molecule has 0 amide bonds. The van der Waals surface area contributed by atoms with Gasteiger partial charge in [-0.05, 0) is 38.9 Å². The number of methoxy groups -OCH3 is 1. The lowest BCUT2D eigenvalue weighted by Gasteiger charge is -2.53. The van der Waals surface area contributed by atoms with Crippen molar-refractivity contribution in [1.29, 1.82) is 5.41 Å². The van der Waals surface area contributed by atoms with Crippen LogP contribution in [0.4, 0.5) is 0 Å². The number of hydrogen-bond donors (Lipinski definition) is 2. The van der Waals surface area contributed by atoms with Crippen LogP contribution >= 0.6 is 0 Å². The molecule has 1 rings (SSSR count). The molecule has 7 heteroatoms. The van der Waals surface area contributed by atoms with Crippen molar-refractivity contribution in [3.8, 4) is 0 Å². The monoisotopic (exact) mass is 370 g/mol. The summed E-state index contributed by atoms with van der Waals surface area (Å²) in [7, 11) is -0.281. The molecule has 1 heterocycles. The van der Waals surface area contributed by atoms with Crippen LogP contribution in [-0.2, 0) is 9.16 Å². The van der Waals surface area contributed by atoms with E-state index in [4.69, 9.17) is 20.3 Å². The normalized spacial score (nSPS) is 21.4. The summed E-state index contributed by atoms with van der Waals surface area (Å²) in [6, 6.07) is -0.0927. The zero-order valence-electron chi connectivity index (χ0n) is 17.6. The first-order valence-electron chi connectivity index (χ1n) is 9.08. The first kappa shape index (κ1) is 22.3. The molecule has 2 atom stereocenters. The maximum Gasteiger partial charge on any atom is 0.228 e. The molecule has 0 aromatic carbocycles. The van der Waals surface area contributed by atoms with Crippen LogP contribution in [0, 0.1) is 5.41 Å². The van der Waals surface area contributed by atoms with E-state index in [2.05, 4.69) is 50.7 Å². The molecule has 0 saturated carbocycles. The summed E-state index contributed by atoms with van der Waals surface area (Å²) < 4.78 is 11.7. The van der Waals surface area contributed by atoms with E-state index in [9.17, 15) is 0 Å². The minimum atomic E-state index is -1.79. The lowest BCUT2D eigenvalue weighted by atomic mass is 9.96. The van der Waals surface area contributed by atoms with Crippen molar-refractivity contribution in [3.63, 3.8) is 0 Å². The van der Waals surface area contributed by atoms with Crippen molar-refractivity contribution >= 4 is 19.9 Å². The van der Waals surface area contributed by atoms with E-state index >= 15 is 0 Å². The molecular weight excluding hydrogens is 332 g/mol. The molecule has 1 fully saturated rings. The lowest BCUT2D eigenvalue weighted by Crippen LogP contribution is -2.66. The first-order valence-corrected chi connectivity index (χ1v) is 12.0. The van der Waals surface area contributed by atoms with E-state index in [1.807, 2.05) is 13.8 Å². The highest BCUT2D eigenvalue weighted by atomic mass is 28.4. The molecule has 6 nitrogen and oxygen atoms in total. The Morgan fingerprint density at radius 2 is 1.84 bits per heavy atom. The van der Waals surface area contributed by atoms with Gasteiger partial charge in [-0.25, -0.2) is 0 Å². The second-order valence-electron chi connectivity index (χ2n) is 9.17. The molecule has 1 aliphatic rings. The van der Waals surface area contributed by atoms with Gasteiger partial charge in [0, 0.05) is 25.7 Å². The molecule has 0 aromatic heterocycles. The quantitative estimate of drug-likeness (QED) is 0.410. The van der Waals surface area contributed by atoms with Gasteiger partial charge >= 0.3 is 0 Å². The summed E-state index contributed by atoms with van der Waals surface area (Å²) in [4.78, 5) is 6.86. The van der Waals surface area contributed by atoms with Crippen LogP contribution in [-0.4, -0.2) is 69.3 Å². The molecule has 1 aliphatic heterocycles. The second-order valence-corrected chi connectivity index (χ2v) is 13.9. The highest BCUT2D eigenvalue weighted by molar-refractivity contribution is 6.74. The Kier molecular flexibility index (Phi) is 7.00. The Labute approximate surface area is 154 Å². The number of likely N-dealkylation sites (tertiary alicyclic amines) is 1. The number of ether oxygens (including phenoxy) is 1. The van der Waals surface area contributed by atoms with Gasteiger partial charge in [0.25, 0.3) is 0 Å². The Bertz CT molecular complexity index is 506. The number of rotatable bonds is 7. The second kappa shape index (κ2) is 7.86. The maximum absolute atomic E-state index is 8.00. The average molecular weight is 371 g/mol. The van der Waals surface area contributed by atoms with E-state index in [-0.39, 0.29) is 28.6 Å². The van der Waals surface area contributed by atoms with Gasteiger partial charge in [-0.15, -0.1) is 0 Å². The van der Waals surface area contributed by atoms with Gasteiger partial charge in [-0.2, -0.15) is 0 Å². The van der Waals surface area contributed by atoms with Crippen molar-refractivity contribution < 1.29 is 9.16 Å². The zero-order chi connectivity index (χ0) is 19.6. The van der Waals surface area contributed by atoms with E-state index in [0.717, 1.165) is 13.1 Å². The van der Waals surface area contributed by atoms with Crippen molar-refractivity contribution in [3.05, 3.63) is 0 Å². The Morgan fingerprint density at radius 1 is 1.32 bits per heavy atom. The molecule has 1 unspecified atom stereocenters. The fraction of sp³-hybridized carbons (Fsp3) is 0.889. The molecule has 0 radical (unpaired) electrons. The van der Waals surface area contributed by atoms with Crippen molar-refractivity contribution in [2.75, 3.05) is 26.7 Å².